The van der Waals surface area contributed by atoms with E-state index in [9.17, 15) is 19.5 Å². The maximum Gasteiger partial charge on any atom is 0.307 e. The SMILES string of the molecule is CCC[C@@H]1CCc2c(sc(NC(=O)[C@H]3[C@H](C(=O)O)[C@H]4C=C[C@H]3C4)c2C(N)=O)C1. The van der Waals surface area contributed by atoms with E-state index < -0.39 is 23.7 Å². The Hall–Kier alpha value is -2.15. The first-order valence-electron chi connectivity index (χ1n) is 10.1. The van der Waals surface area contributed by atoms with E-state index in [1.54, 1.807) is 0 Å². The van der Waals surface area contributed by atoms with E-state index >= 15 is 0 Å². The van der Waals surface area contributed by atoms with E-state index in [1.807, 2.05) is 12.2 Å². The van der Waals surface area contributed by atoms with Crippen LogP contribution in [0.25, 0.3) is 0 Å². The Labute approximate surface area is 168 Å². The van der Waals surface area contributed by atoms with Gasteiger partial charge >= 0.3 is 5.97 Å². The lowest BCUT2D eigenvalue weighted by atomic mass is 9.82. The number of hydrogen-bond acceptors (Lipinski definition) is 4. The highest BCUT2D eigenvalue weighted by Gasteiger charge is 2.51. The molecule has 0 spiro atoms. The molecule has 0 radical (unpaired) electrons. The van der Waals surface area contributed by atoms with Crippen LogP contribution in [-0.2, 0) is 22.4 Å². The van der Waals surface area contributed by atoms with Crippen LogP contribution in [0.1, 0.15) is 53.4 Å². The Kier molecular flexibility index (Phi) is 5.04. The van der Waals surface area contributed by atoms with Crippen LogP contribution >= 0.6 is 11.3 Å². The standard InChI is InChI=1S/C21H26N2O4S/c1-2-3-10-4-7-13-14(8-10)28-20(17(13)18(22)24)23-19(25)15-11-5-6-12(9-11)16(15)21(26)27/h5-6,10-12,15-16H,2-4,7-9H2,1H3,(H2,22,24)(H,23,25)(H,26,27)/t10-,11+,12+,15-,16-/m1/s1. The molecule has 3 aliphatic carbocycles. The van der Waals surface area contributed by atoms with Crippen LogP contribution in [-0.4, -0.2) is 22.9 Å². The number of thiophene rings is 1. The topological polar surface area (TPSA) is 109 Å². The van der Waals surface area contributed by atoms with E-state index in [2.05, 4.69) is 12.2 Å². The Bertz CT molecular complexity index is 859. The zero-order valence-corrected chi connectivity index (χ0v) is 16.8. The van der Waals surface area contributed by atoms with Gasteiger partial charge < -0.3 is 16.2 Å². The van der Waals surface area contributed by atoms with Crippen molar-refractivity contribution in [2.24, 2.45) is 35.3 Å². The summed E-state index contributed by atoms with van der Waals surface area (Å²) in [4.78, 5) is 38.0. The Balaban J connectivity index is 1.60. The van der Waals surface area contributed by atoms with Crippen LogP contribution in [0.3, 0.4) is 0 Å². The number of aliphatic carboxylic acids is 1. The molecule has 7 heteroatoms. The molecular weight excluding hydrogens is 376 g/mol. The zero-order valence-electron chi connectivity index (χ0n) is 15.9. The van der Waals surface area contributed by atoms with Crippen molar-refractivity contribution in [2.75, 3.05) is 5.32 Å². The van der Waals surface area contributed by atoms with Crippen molar-refractivity contribution in [2.45, 2.75) is 45.4 Å². The monoisotopic (exact) mass is 402 g/mol. The Morgan fingerprint density at radius 1 is 1.25 bits per heavy atom. The lowest BCUT2D eigenvalue weighted by Gasteiger charge is -2.23. The number of carbonyl (C=O) groups excluding carboxylic acids is 2. The molecule has 4 N–H and O–H groups in total. The van der Waals surface area contributed by atoms with Gasteiger partial charge in [-0.05, 0) is 49.0 Å². The van der Waals surface area contributed by atoms with Gasteiger partial charge in [-0.1, -0.05) is 31.9 Å². The molecule has 0 unspecified atom stereocenters. The van der Waals surface area contributed by atoms with Gasteiger partial charge in [0.25, 0.3) is 5.91 Å². The van der Waals surface area contributed by atoms with Gasteiger partial charge in [-0.2, -0.15) is 0 Å². The molecule has 6 nitrogen and oxygen atoms in total. The van der Waals surface area contributed by atoms with E-state index in [0.29, 0.717) is 22.9 Å². The van der Waals surface area contributed by atoms with Crippen molar-refractivity contribution >= 4 is 34.1 Å². The van der Waals surface area contributed by atoms with Crippen molar-refractivity contribution in [3.63, 3.8) is 0 Å². The molecule has 28 heavy (non-hydrogen) atoms. The number of nitrogens with two attached hydrogens (primary N) is 1. The van der Waals surface area contributed by atoms with Gasteiger partial charge in [-0.15, -0.1) is 11.3 Å². The molecule has 0 saturated heterocycles. The summed E-state index contributed by atoms with van der Waals surface area (Å²) >= 11 is 1.44. The van der Waals surface area contributed by atoms with Crippen molar-refractivity contribution < 1.29 is 19.5 Å². The number of carboxylic acids is 1. The highest BCUT2D eigenvalue weighted by atomic mass is 32.1. The number of anilines is 1. The number of carboxylic acid groups (broad SMARTS) is 1. The molecular formula is C21H26N2O4S. The minimum Gasteiger partial charge on any atom is -0.481 e. The quantitative estimate of drug-likeness (QED) is 0.635. The minimum absolute atomic E-state index is 0.0494. The lowest BCUT2D eigenvalue weighted by Crippen LogP contribution is -2.36. The average molecular weight is 403 g/mol. The summed E-state index contributed by atoms with van der Waals surface area (Å²) in [5, 5.41) is 13.0. The highest BCUT2D eigenvalue weighted by molar-refractivity contribution is 7.17. The van der Waals surface area contributed by atoms with Gasteiger partial charge in [0.1, 0.15) is 5.00 Å². The fourth-order valence-electron chi connectivity index (χ4n) is 5.37. The molecule has 4 rings (SSSR count). The lowest BCUT2D eigenvalue weighted by molar-refractivity contribution is -0.146. The van der Waals surface area contributed by atoms with Crippen molar-refractivity contribution in [1.29, 1.82) is 0 Å². The van der Waals surface area contributed by atoms with Crippen molar-refractivity contribution in [3.05, 3.63) is 28.2 Å². The number of carbonyl (C=O) groups is 3. The van der Waals surface area contributed by atoms with Gasteiger partial charge in [-0.25, -0.2) is 0 Å². The largest absolute Gasteiger partial charge is 0.481 e. The zero-order chi connectivity index (χ0) is 20.0. The van der Waals surface area contributed by atoms with Crippen LogP contribution in [0.15, 0.2) is 12.2 Å². The summed E-state index contributed by atoms with van der Waals surface area (Å²) < 4.78 is 0. The molecule has 1 fully saturated rings. The number of amides is 2. The van der Waals surface area contributed by atoms with E-state index in [-0.39, 0.29) is 17.7 Å². The fourth-order valence-corrected chi connectivity index (χ4v) is 6.74. The summed E-state index contributed by atoms with van der Waals surface area (Å²) in [6, 6.07) is 0. The smallest absolute Gasteiger partial charge is 0.307 e. The van der Waals surface area contributed by atoms with E-state index in [0.717, 1.165) is 42.5 Å². The average Bonchev–Trinajstić information content (AvgIpc) is 3.33. The highest BCUT2D eigenvalue weighted by Crippen LogP contribution is 2.49. The van der Waals surface area contributed by atoms with Crippen LogP contribution in [0, 0.1) is 29.6 Å². The molecule has 1 aromatic heterocycles. The maximum absolute atomic E-state index is 13.0. The van der Waals surface area contributed by atoms with Gasteiger partial charge in [0, 0.05) is 4.88 Å². The second kappa shape index (κ2) is 7.35. The van der Waals surface area contributed by atoms with E-state index in [4.69, 9.17) is 5.73 Å². The molecule has 1 saturated carbocycles. The number of primary amides is 1. The van der Waals surface area contributed by atoms with Crippen LogP contribution in [0.4, 0.5) is 5.00 Å². The number of nitrogens with one attached hydrogen (secondary N) is 1. The normalized spacial score (nSPS) is 30.2. The van der Waals surface area contributed by atoms with Crippen molar-refractivity contribution in [3.8, 4) is 0 Å². The Morgan fingerprint density at radius 2 is 1.96 bits per heavy atom. The predicted octanol–water partition coefficient (Wildman–Crippen LogP) is 3.21. The number of rotatable bonds is 6. The molecule has 2 bridgehead atoms. The predicted molar refractivity (Wildman–Crippen MR) is 107 cm³/mol. The Morgan fingerprint density at radius 3 is 2.61 bits per heavy atom. The molecule has 1 aromatic rings. The van der Waals surface area contributed by atoms with Crippen molar-refractivity contribution in [1.82, 2.24) is 0 Å². The fraction of sp³-hybridized carbons (Fsp3) is 0.571. The minimum atomic E-state index is -0.931. The number of fused-ring (bicyclic) bond motifs is 3. The number of hydrogen-bond donors (Lipinski definition) is 3. The van der Waals surface area contributed by atoms with Gasteiger partial charge in [0.15, 0.2) is 0 Å². The summed E-state index contributed by atoms with van der Waals surface area (Å²) in [5.41, 5.74) is 7.05. The second-order valence-corrected chi connectivity index (χ2v) is 9.40. The van der Waals surface area contributed by atoms with Crippen LogP contribution in [0.5, 0.6) is 0 Å². The number of allylic oxidation sites excluding steroid dienone is 2. The summed E-state index contributed by atoms with van der Waals surface area (Å²) in [7, 11) is 0. The molecule has 150 valence electrons. The van der Waals surface area contributed by atoms with Gasteiger partial charge in [-0.3, -0.25) is 14.4 Å². The third-order valence-corrected chi connectivity index (χ3v) is 7.76. The van der Waals surface area contributed by atoms with Gasteiger partial charge in [0.2, 0.25) is 5.91 Å². The first-order chi connectivity index (χ1) is 13.4. The first kappa shape index (κ1) is 19.2. The maximum atomic E-state index is 13.0. The third kappa shape index (κ3) is 3.15. The second-order valence-electron chi connectivity index (χ2n) is 8.30. The molecule has 3 aliphatic rings. The van der Waals surface area contributed by atoms with Gasteiger partial charge in [0.05, 0.1) is 17.4 Å². The molecule has 5 atom stereocenters. The summed E-state index contributed by atoms with van der Waals surface area (Å²) in [6.45, 7) is 2.17. The van der Waals surface area contributed by atoms with E-state index in [1.165, 1.54) is 11.3 Å². The first-order valence-corrected chi connectivity index (χ1v) is 10.9. The summed E-state index contributed by atoms with van der Waals surface area (Å²) in [5.74, 6) is -2.59. The molecule has 0 aliphatic heterocycles. The van der Waals surface area contributed by atoms with Crippen LogP contribution in [0.2, 0.25) is 0 Å². The summed E-state index contributed by atoms with van der Waals surface area (Å²) in [6.07, 6.45) is 9.62. The molecule has 1 heterocycles. The molecule has 0 aromatic carbocycles. The third-order valence-electron chi connectivity index (χ3n) is 6.59. The van der Waals surface area contributed by atoms with Crippen LogP contribution < -0.4 is 11.1 Å². The molecule has 2 amide bonds.